The topological polar surface area (TPSA) is 38.9 Å². The van der Waals surface area contributed by atoms with E-state index < -0.39 is 0 Å². The van der Waals surface area contributed by atoms with E-state index in [1.807, 2.05) is 0 Å². The summed E-state index contributed by atoms with van der Waals surface area (Å²) in [4.78, 5) is 6.30. The van der Waals surface area contributed by atoms with Crippen LogP contribution < -0.4 is 5.73 Å². The number of hydrogen-bond acceptors (Lipinski definition) is 3. The predicted octanol–water partition coefficient (Wildman–Crippen LogP) is 5.17. The fourth-order valence-electron chi connectivity index (χ4n) is 7.44. The summed E-state index contributed by atoms with van der Waals surface area (Å²) in [5, 5.41) is 0.791. The van der Waals surface area contributed by atoms with Crippen LogP contribution in [0.2, 0.25) is 0 Å². The zero-order chi connectivity index (χ0) is 15.8. The smallest absolute Gasteiger partial charge is 0.180 e. The highest BCUT2D eigenvalue weighted by Gasteiger charge is 2.59. The first kappa shape index (κ1) is 14.7. The van der Waals surface area contributed by atoms with Gasteiger partial charge in [0.1, 0.15) is 0 Å². The SMILES string of the molecule is C[C@]12CCCC[C@@H]1CC[C@H]1[C@H]2CC[C@@]2(C)c3nc(N)sc3C[C@@H]12. The molecule has 1 aromatic heterocycles. The molecule has 1 aromatic rings. The maximum atomic E-state index is 6.02. The normalized spacial score (nSPS) is 48.3. The fraction of sp³-hybridized carbons (Fsp3) is 0.850. The van der Waals surface area contributed by atoms with Crippen LogP contribution in [-0.4, -0.2) is 4.98 Å². The molecule has 4 aliphatic rings. The molecular formula is C20H30N2S. The second-order valence-electron chi connectivity index (χ2n) is 9.39. The van der Waals surface area contributed by atoms with Gasteiger partial charge in [0.25, 0.3) is 0 Å². The van der Waals surface area contributed by atoms with E-state index in [0.29, 0.717) is 10.8 Å². The molecule has 5 rings (SSSR count). The van der Waals surface area contributed by atoms with Crippen molar-refractivity contribution in [2.75, 3.05) is 5.73 Å². The molecule has 0 spiro atoms. The lowest BCUT2D eigenvalue weighted by Gasteiger charge is -2.59. The van der Waals surface area contributed by atoms with Crippen molar-refractivity contribution < 1.29 is 0 Å². The highest BCUT2D eigenvalue weighted by Crippen LogP contribution is 2.65. The molecule has 4 aliphatic carbocycles. The third-order valence-corrected chi connectivity index (χ3v) is 9.54. The second-order valence-corrected chi connectivity index (χ2v) is 10.5. The van der Waals surface area contributed by atoms with Crippen LogP contribution in [0.5, 0.6) is 0 Å². The fourth-order valence-corrected chi connectivity index (χ4v) is 8.47. The molecule has 0 radical (unpaired) electrons. The minimum atomic E-state index is 0.322. The molecule has 0 aromatic carbocycles. The Kier molecular flexibility index (Phi) is 3.04. The van der Waals surface area contributed by atoms with Crippen molar-refractivity contribution in [1.82, 2.24) is 4.98 Å². The molecule has 23 heavy (non-hydrogen) atoms. The largest absolute Gasteiger partial charge is 0.375 e. The third kappa shape index (κ3) is 1.83. The van der Waals surface area contributed by atoms with E-state index in [1.54, 1.807) is 11.3 Å². The number of thiazole rings is 1. The summed E-state index contributed by atoms with van der Waals surface area (Å²) in [5.74, 6) is 3.78. The van der Waals surface area contributed by atoms with Gasteiger partial charge >= 0.3 is 0 Å². The van der Waals surface area contributed by atoms with Gasteiger partial charge in [0.05, 0.1) is 5.69 Å². The molecule has 2 N–H and O–H groups in total. The molecule has 2 nitrogen and oxygen atoms in total. The van der Waals surface area contributed by atoms with Crippen LogP contribution in [0, 0.1) is 29.1 Å². The molecule has 0 saturated heterocycles. The quantitative estimate of drug-likeness (QED) is 0.712. The molecule has 0 bridgehead atoms. The maximum Gasteiger partial charge on any atom is 0.180 e. The van der Waals surface area contributed by atoms with Crippen molar-refractivity contribution in [1.29, 1.82) is 0 Å². The van der Waals surface area contributed by atoms with Gasteiger partial charge in [0.15, 0.2) is 5.13 Å². The van der Waals surface area contributed by atoms with Crippen molar-refractivity contribution in [2.24, 2.45) is 29.1 Å². The lowest BCUT2D eigenvalue weighted by Crippen LogP contribution is -2.53. The van der Waals surface area contributed by atoms with Crippen molar-refractivity contribution in [2.45, 2.75) is 77.0 Å². The van der Waals surface area contributed by atoms with Gasteiger partial charge in [0.2, 0.25) is 0 Å². The van der Waals surface area contributed by atoms with Crippen LogP contribution in [0.15, 0.2) is 0 Å². The first-order valence-electron chi connectivity index (χ1n) is 9.78. The summed E-state index contributed by atoms with van der Waals surface area (Å²) in [5.41, 5.74) is 8.37. The van der Waals surface area contributed by atoms with E-state index in [0.717, 1.165) is 28.8 Å². The second kappa shape index (κ2) is 4.74. The number of nitrogens with zero attached hydrogens (tertiary/aromatic N) is 1. The van der Waals surface area contributed by atoms with E-state index in [4.69, 9.17) is 10.7 Å². The average Bonchev–Trinajstić information content (AvgIpc) is 3.02. The Morgan fingerprint density at radius 3 is 2.78 bits per heavy atom. The number of nitrogen functional groups attached to an aromatic ring is 1. The van der Waals surface area contributed by atoms with Crippen molar-refractivity contribution in [3.05, 3.63) is 10.6 Å². The minimum absolute atomic E-state index is 0.322. The average molecular weight is 331 g/mol. The van der Waals surface area contributed by atoms with Crippen LogP contribution >= 0.6 is 11.3 Å². The minimum Gasteiger partial charge on any atom is -0.375 e. The van der Waals surface area contributed by atoms with Crippen molar-refractivity contribution in [3.63, 3.8) is 0 Å². The highest BCUT2D eigenvalue weighted by atomic mass is 32.1. The Morgan fingerprint density at radius 1 is 1.04 bits per heavy atom. The van der Waals surface area contributed by atoms with Gasteiger partial charge in [-0.25, -0.2) is 4.98 Å². The zero-order valence-electron chi connectivity index (χ0n) is 14.6. The van der Waals surface area contributed by atoms with Gasteiger partial charge in [-0.05, 0) is 74.0 Å². The first-order chi connectivity index (χ1) is 11.0. The van der Waals surface area contributed by atoms with E-state index in [9.17, 15) is 0 Å². The van der Waals surface area contributed by atoms with Crippen molar-refractivity contribution in [3.8, 4) is 0 Å². The van der Waals surface area contributed by atoms with E-state index in [-0.39, 0.29) is 0 Å². The Balaban J connectivity index is 1.51. The highest BCUT2D eigenvalue weighted by molar-refractivity contribution is 7.15. The van der Waals surface area contributed by atoms with Gasteiger partial charge < -0.3 is 5.73 Å². The van der Waals surface area contributed by atoms with E-state index >= 15 is 0 Å². The van der Waals surface area contributed by atoms with Crippen LogP contribution in [0.4, 0.5) is 5.13 Å². The molecule has 3 heteroatoms. The number of rotatable bonds is 0. The maximum absolute atomic E-state index is 6.02. The molecule has 126 valence electrons. The van der Waals surface area contributed by atoms with Crippen LogP contribution in [-0.2, 0) is 11.8 Å². The summed E-state index contributed by atoms with van der Waals surface area (Å²) in [6.45, 7) is 5.17. The lowest BCUT2D eigenvalue weighted by molar-refractivity contribution is -0.0907. The number of nitrogens with two attached hydrogens (primary N) is 1. The summed E-state index contributed by atoms with van der Waals surface area (Å²) < 4.78 is 0. The summed E-state index contributed by atoms with van der Waals surface area (Å²) >= 11 is 1.77. The molecule has 6 atom stereocenters. The Hall–Kier alpha value is -0.570. The molecule has 0 unspecified atom stereocenters. The van der Waals surface area contributed by atoms with E-state index in [1.165, 1.54) is 68.4 Å². The van der Waals surface area contributed by atoms with Gasteiger partial charge in [-0.3, -0.25) is 0 Å². The predicted molar refractivity (Wildman–Crippen MR) is 96.6 cm³/mol. The standard InChI is InChI=1S/C20H30N2S/c1-19-9-4-3-5-12(19)6-7-13-14(19)8-10-20(2)15(13)11-16-17(20)22-18(21)23-16/h12-15H,3-11H2,1-2H3,(H2,21,22)/t12-,13+,14-,15+,19+,20-/m1/s1. The molecule has 1 heterocycles. The number of fused-ring (bicyclic) bond motifs is 7. The van der Waals surface area contributed by atoms with Crippen LogP contribution in [0.25, 0.3) is 0 Å². The van der Waals surface area contributed by atoms with E-state index in [2.05, 4.69) is 13.8 Å². The Labute approximate surface area is 144 Å². The summed E-state index contributed by atoms with van der Waals surface area (Å²) in [6, 6.07) is 0. The monoisotopic (exact) mass is 330 g/mol. The van der Waals surface area contributed by atoms with Crippen LogP contribution in [0.1, 0.15) is 75.8 Å². The van der Waals surface area contributed by atoms with Gasteiger partial charge in [-0.1, -0.05) is 26.7 Å². The lowest BCUT2D eigenvalue weighted by atomic mass is 9.45. The van der Waals surface area contributed by atoms with Gasteiger partial charge in [-0.2, -0.15) is 0 Å². The van der Waals surface area contributed by atoms with Crippen molar-refractivity contribution >= 4 is 16.5 Å². The molecular weight excluding hydrogens is 300 g/mol. The Bertz CT molecular complexity index is 638. The molecule has 3 fully saturated rings. The number of anilines is 1. The molecule has 3 saturated carbocycles. The molecule has 0 amide bonds. The molecule has 0 aliphatic heterocycles. The summed E-state index contributed by atoms with van der Waals surface area (Å²) in [6.07, 6.45) is 13.0. The van der Waals surface area contributed by atoms with Gasteiger partial charge in [-0.15, -0.1) is 11.3 Å². The number of hydrogen-bond donors (Lipinski definition) is 1. The van der Waals surface area contributed by atoms with Gasteiger partial charge in [0, 0.05) is 10.3 Å². The zero-order valence-corrected chi connectivity index (χ0v) is 15.4. The number of aromatic nitrogens is 1. The first-order valence-corrected chi connectivity index (χ1v) is 10.6. The van der Waals surface area contributed by atoms with Crippen LogP contribution in [0.3, 0.4) is 0 Å². The Morgan fingerprint density at radius 2 is 1.91 bits per heavy atom. The summed E-state index contributed by atoms with van der Waals surface area (Å²) in [7, 11) is 0. The third-order valence-electron chi connectivity index (χ3n) is 8.63.